The fourth-order valence-corrected chi connectivity index (χ4v) is 2.23. The molecule has 1 atom stereocenters. The van der Waals surface area contributed by atoms with Crippen molar-refractivity contribution in [2.24, 2.45) is 0 Å². The Labute approximate surface area is 100.0 Å². The van der Waals surface area contributed by atoms with Crippen LogP contribution in [0.2, 0.25) is 0 Å². The van der Waals surface area contributed by atoms with Gasteiger partial charge in [-0.25, -0.2) is 8.78 Å². The highest BCUT2D eigenvalue weighted by Crippen LogP contribution is 2.36. The van der Waals surface area contributed by atoms with E-state index in [4.69, 9.17) is 4.74 Å². The molecule has 0 saturated carbocycles. The Hall–Kier alpha value is -1.16. The van der Waals surface area contributed by atoms with Gasteiger partial charge in [-0.15, -0.1) is 0 Å². The summed E-state index contributed by atoms with van der Waals surface area (Å²) in [7, 11) is 1.57. The van der Waals surface area contributed by atoms with Crippen molar-refractivity contribution in [2.75, 3.05) is 13.7 Å². The van der Waals surface area contributed by atoms with Crippen LogP contribution in [0.3, 0.4) is 0 Å². The summed E-state index contributed by atoms with van der Waals surface area (Å²) >= 11 is 0. The minimum Gasteiger partial charge on any atom is -0.496 e. The monoisotopic (exact) mass is 241 g/mol. The molecule has 2 rings (SSSR count). The molecule has 17 heavy (non-hydrogen) atoms. The molecule has 1 N–H and O–H groups in total. The van der Waals surface area contributed by atoms with Gasteiger partial charge in [0, 0.05) is 24.1 Å². The van der Waals surface area contributed by atoms with Crippen LogP contribution in [0.1, 0.15) is 36.9 Å². The summed E-state index contributed by atoms with van der Waals surface area (Å²) in [6, 6.07) is 4.74. The fraction of sp³-hybridized carbons (Fsp3) is 0.538. The van der Waals surface area contributed by atoms with Crippen molar-refractivity contribution >= 4 is 0 Å². The molecule has 1 fully saturated rings. The highest BCUT2D eigenvalue weighted by molar-refractivity contribution is 5.41. The molecular formula is C13H17F2NO. The number of rotatable bonds is 3. The second-order valence-corrected chi connectivity index (χ2v) is 4.49. The number of methoxy groups -OCH3 is 1. The molecule has 1 aromatic rings. The van der Waals surface area contributed by atoms with Crippen LogP contribution in [0.25, 0.3) is 0 Å². The van der Waals surface area contributed by atoms with Crippen molar-refractivity contribution in [1.29, 1.82) is 0 Å². The zero-order chi connectivity index (χ0) is 12.5. The predicted octanol–water partition coefficient (Wildman–Crippen LogP) is 3.23. The van der Waals surface area contributed by atoms with Crippen molar-refractivity contribution in [3.05, 3.63) is 29.3 Å². The Morgan fingerprint density at radius 2 is 2.18 bits per heavy atom. The Balaban J connectivity index is 2.39. The Morgan fingerprint density at radius 3 is 2.71 bits per heavy atom. The van der Waals surface area contributed by atoms with Gasteiger partial charge in [0.25, 0.3) is 5.92 Å². The lowest BCUT2D eigenvalue weighted by molar-refractivity contribution is 0.0173. The smallest absolute Gasteiger partial charge is 0.270 e. The third kappa shape index (κ3) is 2.57. The van der Waals surface area contributed by atoms with Gasteiger partial charge in [-0.3, -0.25) is 0 Å². The number of halogens is 2. The maximum absolute atomic E-state index is 13.3. The molecule has 1 aliphatic heterocycles. The normalized spacial score (nSPS) is 20.6. The summed E-state index contributed by atoms with van der Waals surface area (Å²) in [6.07, 6.45) is 2.04. The molecule has 0 aliphatic carbocycles. The molecule has 0 spiro atoms. The molecule has 1 heterocycles. The first kappa shape index (κ1) is 12.3. The second kappa shape index (κ2) is 4.61. The van der Waals surface area contributed by atoms with E-state index in [2.05, 4.69) is 5.32 Å². The Kier molecular flexibility index (Phi) is 3.33. The summed E-state index contributed by atoms with van der Waals surface area (Å²) in [6.45, 7) is 1.85. The first-order valence-corrected chi connectivity index (χ1v) is 5.82. The van der Waals surface area contributed by atoms with Crippen LogP contribution in [0.4, 0.5) is 8.78 Å². The van der Waals surface area contributed by atoms with Crippen LogP contribution >= 0.6 is 0 Å². The van der Waals surface area contributed by atoms with E-state index in [1.165, 1.54) is 6.07 Å². The van der Waals surface area contributed by atoms with Crippen molar-refractivity contribution in [1.82, 2.24) is 5.32 Å². The van der Waals surface area contributed by atoms with Gasteiger partial charge in [0.05, 0.1) is 7.11 Å². The van der Waals surface area contributed by atoms with Gasteiger partial charge in [-0.1, -0.05) is 0 Å². The van der Waals surface area contributed by atoms with Crippen LogP contribution in [-0.2, 0) is 5.92 Å². The van der Waals surface area contributed by atoms with Gasteiger partial charge in [0.1, 0.15) is 5.75 Å². The summed E-state index contributed by atoms with van der Waals surface area (Å²) in [5.74, 6) is -2.13. The largest absolute Gasteiger partial charge is 0.496 e. The van der Waals surface area contributed by atoms with Crippen molar-refractivity contribution < 1.29 is 13.5 Å². The first-order chi connectivity index (χ1) is 8.02. The minimum absolute atomic E-state index is 0.0435. The van der Waals surface area contributed by atoms with Gasteiger partial charge < -0.3 is 10.1 Å². The summed E-state index contributed by atoms with van der Waals surface area (Å²) in [5.41, 5.74) is 0.881. The molecule has 4 heteroatoms. The molecule has 1 unspecified atom stereocenters. The average Bonchev–Trinajstić information content (AvgIpc) is 2.80. The highest BCUT2D eigenvalue weighted by atomic mass is 19.3. The predicted molar refractivity (Wildman–Crippen MR) is 62.5 cm³/mol. The average molecular weight is 241 g/mol. The number of alkyl halides is 2. The minimum atomic E-state index is -2.81. The fourth-order valence-electron chi connectivity index (χ4n) is 2.23. The second-order valence-electron chi connectivity index (χ2n) is 4.49. The highest BCUT2D eigenvalue weighted by Gasteiger charge is 2.27. The number of ether oxygens (including phenoxy) is 1. The van der Waals surface area contributed by atoms with Gasteiger partial charge in [-0.2, -0.15) is 0 Å². The van der Waals surface area contributed by atoms with Crippen molar-refractivity contribution in [3.63, 3.8) is 0 Å². The van der Waals surface area contributed by atoms with Crippen LogP contribution in [0.15, 0.2) is 18.2 Å². The first-order valence-electron chi connectivity index (χ1n) is 5.82. The number of benzene rings is 1. The lowest BCUT2D eigenvalue weighted by Crippen LogP contribution is -2.15. The van der Waals surface area contributed by atoms with Crippen molar-refractivity contribution in [3.8, 4) is 5.75 Å². The van der Waals surface area contributed by atoms with Gasteiger partial charge in [-0.05, 0) is 37.6 Å². The Morgan fingerprint density at radius 1 is 1.41 bits per heavy atom. The number of nitrogens with one attached hydrogen (secondary N) is 1. The SMILES string of the molecule is COc1ccc(C(C)(F)F)cc1C1CCCN1. The van der Waals surface area contributed by atoms with E-state index in [9.17, 15) is 8.78 Å². The molecule has 0 radical (unpaired) electrons. The van der Waals surface area contributed by atoms with E-state index >= 15 is 0 Å². The quantitative estimate of drug-likeness (QED) is 0.877. The van der Waals surface area contributed by atoms with Crippen LogP contribution in [0, 0.1) is 0 Å². The van der Waals surface area contributed by atoms with Crippen LogP contribution in [-0.4, -0.2) is 13.7 Å². The van der Waals surface area contributed by atoms with Crippen molar-refractivity contribution in [2.45, 2.75) is 31.7 Å². The molecule has 0 amide bonds. The van der Waals surface area contributed by atoms with Crippen LogP contribution in [0.5, 0.6) is 5.75 Å². The summed E-state index contributed by atoms with van der Waals surface area (Å²) in [5, 5.41) is 3.30. The molecule has 0 bridgehead atoms. The van der Waals surface area contributed by atoms with E-state index in [1.807, 2.05) is 0 Å². The topological polar surface area (TPSA) is 21.3 Å². The molecule has 1 saturated heterocycles. The Bertz CT molecular complexity index is 395. The van der Waals surface area contributed by atoms with Gasteiger partial charge in [0.15, 0.2) is 0 Å². The summed E-state index contributed by atoms with van der Waals surface area (Å²) in [4.78, 5) is 0. The third-order valence-corrected chi connectivity index (χ3v) is 3.17. The molecule has 94 valence electrons. The zero-order valence-electron chi connectivity index (χ0n) is 10.1. The third-order valence-electron chi connectivity index (χ3n) is 3.17. The van der Waals surface area contributed by atoms with Crippen LogP contribution < -0.4 is 10.1 Å². The lowest BCUT2D eigenvalue weighted by atomic mass is 9.99. The number of hydrogen-bond acceptors (Lipinski definition) is 2. The van der Waals surface area contributed by atoms with E-state index in [0.717, 1.165) is 31.9 Å². The summed E-state index contributed by atoms with van der Waals surface area (Å²) < 4.78 is 31.8. The van der Waals surface area contributed by atoms with E-state index in [-0.39, 0.29) is 11.6 Å². The van der Waals surface area contributed by atoms with Gasteiger partial charge in [0.2, 0.25) is 0 Å². The van der Waals surface area contributed by atoms with E-state index < -0.39 is 5.92 Å². The maximum atomic E-state index is 13.3. The van der Waals surface area contributed by atoms with E-state index in [0.29, 0.717) is 5.75 Å². The number of hydrogen-bond donors (Lipinski definition) is 1. The standard InChI is InChI=1S/C13H17F2NO/c1-13(14,15)9-5-6-12(17-2)10(8-9)11-4-3-7-16-11/h5-6,8,11,16H,3-4,7H2,1-2H3. The zero-order valence-corrected chi connectivity index (χ0v) is 10.1. The van der Waals surface area contributed by atoms with E-state index in [1.54, 1.807) is 19.2 Å². The molecule has 0 aromatic heterocycles. The molecular weight excluding hydrogens is 224 g/mol. The lowest BCUT2D eigenvalue weighted by Gasteiger charge is -2.18. The maximum Gasteiger partial charge on any atom is 0.270 e. The molecule has 2 nitrogen and oxygen atoms in total. The molecule has 1 aliphatic rings. The molecule has 1 aromatic carbocycles. The van der Waals surface area contributed by atoms with Gasteiger partial charge >= 0.3 is 0 Å².